The van der Waals surface area contributed by atoms with Gasteiger partial charge in [-0.1, -0.05) is 0 Å². The topological polar surface area (TPSA) is 121 Å². The van der Waals surface area contributed by atoms with E-state index in [1.54, 1.807) is 19.9 Å². The molecule has 1 aromatic heterocycles. The van der Waals surface area contributed by atoms with E-state index in [2.05, 4.69) is 15.3 Å². The van der Waals surface area contributed by atoms with Gasteiger partial charge in [-0.15, -0.1) is 0 Å². The number of amides is 2. The van der Waals surface area contributed by atoms with E-state index in [0.717, 1.165) is 0 Å². The van der Waals surface area contributed by atoms with Gasteiger partial charge in [0.05, 0.1) is 0 Å². The molecule has 9 heteroatoms. The second-order valence-corrected chi connectivity index (χ2v) is 4.16. The summed E-state index contributed by atoms with van der Waals surface area (Å²) in [5.74, 6) is -0.0429. The fourth-order valence-corrected chi connectivity index (χ4v) is 1.31. The number of aryl methyl sites for hydroxylation is 2. The largest absolute Gasteiger partial charge is 0.361 e. The highest BCUT2D eigenvalue weighted by Gasteiger charge is 2.11. The highest BCUT2D eigenvalue weighted by atomic mass is 32.2. The lowest BCUT2D eigenvalue weighted by molar-refractivity contribution is 0.255. The first-order valence-corrected chi connectivity index (χ1v) is 5.59. The first kappa shape index (κ1) is 12.3. The van der Waals surface area contributed by atoms with Crippen molar-refractivity contribution in [2.45, 2.75) is 13.8 Å². The molecule has 1 heterocycles. The molecular formula is C7H10N4O4S. The van der Waals surface area contributed by atoms with Crippen LogP contribution in [0.25, 0.3) is 0 Å². The summed E-state index contributed by atoms with van der Waals surface area (Å²) >= 11 is 0. The molecule has 0 aliphatic rings. The average molecular weight is 246 g/mol. The molecule has 0 fully saturated rings. The molecule has 0 spiro atoms. The molecule has 0 saturated carbocycles. The second-order valence-electron chi connectivity index (χ2n) is 3.01. The van der Waals surface area contributed by atoms with Crippen LogP contribution in [0.3, 0.4) is 0 Å². The van der Waals surface area contributed by atoms with E-state index in [1.165, 1.54) is 4.72 Å². The summed E-state index contributed by atoms with van der Waals surface area (Å²) in [7, 11) is -4.58. The van der Waals surface area contributed by atoms with Crippen molar-refractivity contribution in [3.63, 3.8) is 0 Å². The molecule has 3 N–H and O–H groups in total. The quantitative estimate of drug-likeness (QED) is 0.632. The Hall–Kier alpha value is -1.74. The number of nitrogens with zero attached hydrogens (tertiary/aromatic N) is 2. The minimum Gasteiger partial charge on any atom is -0.275 e. The van der Waals surface area contributed by atoms with Gasteiger partial charge in [0.25, 0.3) is 0 Å². The summed E-state index contributed by atoms with van der Waals surface area (Å²) in [4.78, 5) is 18.7. The summed E-state index contributed by atoms with van der Waals surface area (Å²) in [5, 5.41) is 2.07. The van der Waals surface area contributed by atoms with Crippen molar-refractivity contribution in [2.75, 3.05) is 5.32 Å². The third kappa shape index (κ3) is 4.19. The fraction of sp³-hybridized carbons (Fsp3) is 0.286. The molecule has 1 rings (SSSR count). The van der Waals surface area contributed by atoms with Crippen molar-refractivity contribution >= 4 is 22.3 Å². The summed E-state index contributed by atoms with van der Waals surface area (Å²) in [5.41, 5.74) is 1.24. The van der Waals surface area contributed by atoms with Gasteiger partial charge in [-0.2, -0.15) is 8.42 Å². The average Bonchev–Trinajstić information content (AvgIpc) is 1.96. The molecule has 1 aromatic rings. The van der Waals surface area contributed by atoms with Crippen molar-refractivity contribution < 1.29 is 17.8 Å². The first-order valence-electron chi connectivity index (χ1n) is 4.15. The van der Waals surface area contributed by atoms with Gasteiger partial charge in [-0.25, -0.2) is 19.5 Å². The molecule has 16 heavy (non-hydrogen) atoms. The predicted octanol–water partition coefficient (Wildman–Crippen LogP) is 0.0177. The third-order valence-electron chi connectivity index (χ3n) is 1.43. The zero-order chi connectivity index (χ0) is 12.3. The minimum atomic E-state index is -4.58. The summed E-state index contributed by atoms with van der Waals surface area (Å²) in [6.07, 6.45) is 0. The molecule has 88 valence electrons. The Morgan fingerprint density at radius 1 is 1.31 bits per heavy atom. The molecule has 0 atom stereocenters. The molecule has 0 aromatic carbocycles. The molecule has 0 aliphatic heterocycles. The van der Waals surface area contributed by atoms with Gasteiger partial charge in [0.15, 0.2) is 0 Å². The van der Waals surface area contributed by atoms with Gasteiger partial charge in [0.1, 0.15) is 0 Å². The zero-order valence-corrected chi connectivity index (χ0v) is 9.37. The lowest BCUT2D eigenvalue weighted by Crippen LogP contribution is -2.34. The molecule has 0 radical (unpaired) electrons. The highest BCUT2D eigenvalue weighted by Crippen LogP contribution is 2.03. The number of carbonyl (C=O) groups excluding carboxylic acids is 1. The maximum Gasteiger partial charge on any atom is 0.361 e. The second kappa shape index (κ2) is 4.41. The first-order chi connectivity index (χ1) is 7.26. The molecule has 2 amide bonds. The van der Waals surface area contributed by atoms with Gasteiger partial charge in [-0.3, -0.25) is 9.87 Å². The fourth-order valence-electron chi connectivity index (χ4n) is 1.03. The predicted molar refractivity (Wildman–Crippen MR) is 55.2 cm³/mol. The SMILES string of the molecule is Cc1cc(C)nc(NC(=O)NS(=O)(=O)O)n1. The Kier molecular flexibility index (Phi) is 3.40. The third-order valence-corrected chi connectivity index (χ3v) is 1.87. The molecule has 8 nitrogen and oxygen atoms in total. The van der Waals surface area contributed by atoms with Gasteiger partial charge in [0.2, 0.25) is 5.95 Å². The van der Waals surface area contributed by atoms with Crippen molar-refractivity contribution in [2.24, 2.45) is 0 Å². The maximum atomic E-state index is 11.0. The van der Waals surface area contributed by atoms with E-state index in [-0.39, 0.29) is 5.95 Å². The van der Waals surface area contributed by atoms with Gasteiger partial charge in [0, 0.05) is 11.4 Å². The van der Waals surface area contributed by atoms with E-state index in [9.17, 15) is 13.2 Å². The Bertz CT molecular complexity index is 493. The lowest BCUT2D eigenvalue weighted by atomic mass is 10.4. The van der Waals surface area contributed by atoms with Crippen LogP contribution >= 0.6 is 0 Å². The van der Waals surface area contributed by atoms with E-state index in [4.69, 9.17) is 4.55 Å². The van der Waals surface area contributed by atoms with E-state index >= 15 is 0 Å². The van der Waals surface area contributed by atoms with Crippen LogP contribution in [0.4, 0.5) is 10.7 Å². The van der Waals surface area contributed by atoms with Crippen LogP contribution in [0, 0.1) is 13.8 Å². The molecule has 0 aliphatic carbocycles. The van der Waals surface area contributed by atoms with Crippen LogP contribution in [-0.2, 0) is 10.3 Å². The van der Waals surface area contributed by atoms with Crippen LogP contribution in [0.5, 0.6) is 0 Å². The smallest absolute Gasteiger partial charge is 0.275 e. The monoisotopic (exact) mass is 246 g/mol. The molecule has 0 saturated heterocycles. The number of hydrogen-bond acceptors (Lipinski definition) is 5. The Morgan fingerprint density at radius 3 is 2.25 bits per heavy atom. The number of carbonyl (C=O) groups is 1. The van der Waals surface area contributed by atoms with E-state index < -0.39 is 16.3 Å². The normalized spacial score (nSPS) is 10.9. The van der Waals surface area contributed by atoms with Crippen LogP contribution in [0.2, 0.25) is 0 Å². The van der Waals surface area contributed by atoms with Crippen molar-refractivity contribution in [1.29, 1.82) is 0 Å². The Balaban J connectivity index is 2.77. The van der Waals surface area contributed by atoms with E-state index in [1.807, 2.05) is 0 Å². The number of hydrogen-bond donors (Lipinski definition) is 3. The number of anilines is 1. The summed E-state index contributed by atoms with van der Waals surface area (Å²) in [6.45, 7) is 3.39. The minimum absolute atomic E-state index is 0.0429. The van der Waals surface area contributed by atoms with Crippen molar-refractivity contribution in [3.8, 4) is 0 Å². The molecule has 0 unspecified atom stereocenters. The Labute approximate surface area is 92.0 Å². The highest BCUT2D eigenvalue weighted by molar-refractivity contribution is 7.84. The maximum absolute atomic E-state index is 11.0. The summed E-state index contributed by atoms with van der Waals surface area (Å²) < 4.78 is 30.3. The standard InChI is InChI=1S/C7H10N4O4S/c1-4-3-5(2)9-6(8-4)10-7(12)11-16(13,14)15/h3H,1-2H3,(H,13,14,15)(H2,8,9,10,11,12). The number of aromatic nitrogens is 2. The molecular weight excluding hydrogens is 236 g/mol. The lowest BCUT2D eigenvalue weighted by Gasteiger charge is -2.05. The van der Waals surface area contributed by atoms with Gasteiger partial charge >= 0.3 is 16.3 Å². The van der Waals surface area contributed by atoms with Crippen LogP contribution < -0.4 is 10.0 Å². The van der Waals surface area contributed by atoms with Crippen LogP contribution in [0.1, 0.15) is 11.4 Å². The zero-order valence-electron chi connectivity index (χ0n) is 8.55. The van der Waals surface area contributed by atoms with Crippen molar-refractivity contribution in [3.05, 3.63) is 17.5 Å². The van der Waals surface area contributed by atoms with Gasteiger partial charge in [-0.05, 0) is 19.9 Å². The molecule has 0 bridgehead atoms. The van der Waals surface area contributed by atoms with Crippen LogP contribution in [-0.4, -0.2) is 29.0 Å². The number of nitrogens with one attached hydrogen (secondary N) is 2. The van der Waals surface area contributed by atoms with Crippen LogP contribution in [0.15, 0.2) is 6.07 Å². The summed E-state index contributed by atoms with van der Waals surface area (Å²) in [6, 6.07) is 0.554. The van der Waals surface area contributed by atoms with Gasteiger partial charge < -0.3 is 0 Å². The number of urea groups is 1. The van der Waals surface area contributed by atoms with E-state index in [0.29, 0.717) is 11.4 Å². The Morgan fingerprint density at radius 2 is 1.81 bits per heavy atom. The van der Waals surface area contributed by atoms with Crippen molar-refractivity contribution in [1.82, 2.24) is 14.7 Å². The number of rotatable bonds is 2.